The lowest BCUT2D eigenvalue weighted by molar-refractivity contribution is -0.458. The highest BCUT2D eigenvalue weighted by molar-refractivity contribution is 7.90. The number of alkyl halides is 17. The lowest BCUT2D eigenvalue weighted by Gasteiger charge is -2.42. The van der Waals surface area contributed by atoms with E-state index in [1.54, 1.807) is 0 Å². The second kappa shape index (κ2) is 9.71. The summed E-state index contributed by atoms with van der Waals surface area (Å²) in [6.07, 6.45) is -7.92. The van der Waals surface area contributed by atoms with Crippen molar-refractivity contribution in [2.75, 3.05) is 0 Å². The van der Waals surface area contributed by atoms with E-state index in [1.165, 1.54) is 0 Å². The van der Waals surface area contributed by atoms with Crippen LogP contribution in [0.15, 0.2) is 29.2 Å². The molecule has 3 N–H and O–H groups in total. The van der Waals surface area contributed by atoms with Crippen LogP contribution in [-0.4, -0.2) is 63.8 Å². The van der Waals surface area contributed by atoms with E-state index in [1.807, 2.05) is 0 Å². The van der Waals surface area contributed by atoms with Gasteiger partial charge >= 0.3 is 47.0 Å². The van der Waals surface area contributed by atoms with Crippen molar-refractivity contribution in [3.63, 3.8) is 0 Å². The molecular weight excluding hydrogens is 659 g/mol. The van der Waals surface area contributed by atoms with Crippen LogP contribution in [0.4, 0.5) is 74.6 Å². The molecule has 40 heavy (non-hydrogen) atoms. The number of hydrogen-bond acceptors (Lipinski definition) is 4. The molecular formula is C15H9F17N2O4S2. The molecule has 0 aliphatic carbocycles. The maximum absolute atomic E-state index is 14.0. The lowest BCUT2D eigenvalue weighted by atomic mass is 9.91. The van der Waals surface area contributed by atoms with Crippen LogP contribution in [-0.2, 0) is 26.6 Å². The Labute approximate surface area is 210 Å². The molecule has 234 valence electrons. The average Bonchev–Trinajstić information content (AvgIpc) is 2.75. The third kappa shape index (κ3) is 5.16. The SMILES string of the molecule is NS(=O)(=O)c1ccc(CNS(=O)(=O)C(F)(F)C(F)(F)C(F)(F)C(F)(F)C(F)(F)C(F)(F)C(F)(F)C(F)(F)F)cc1. The molecule has 0 aliphatic heterocycles. The van der Waals surface area contributed by atoms with Crippen LogP contribution < -0.4 is 9.86 Å². The van der Waals surface area contributed by atoms with Crippen LogP contribution in [0.2, 0.25) is 0 Å². The van der Waals surface area contributed by atoms with Gasteiger partial charge in [-0.15, -0.1) is 0 Å². The minimum atomic E-state index is -8.93. The monoisotopic (exact) mass is 668 g/mol. The Balaban J connectivity index is 3.53. The molecule has 0 saturated carbocycles. The zero-order valence-corrected chi connectivity index (χ0v) is 19.6. The van der Waals surface area contributed by atoms with E-state index < -0.39 is 84.0 Å². The van der Waals surface area contributed by atoms with Gasteiger partial charge in [0.2, 0.25) is 10.0 Å². The fraction of sp³-hybridized carbons (Fsp3) is 0.600. The Morgan fingerprint density at radius 1 is 0.550 bits per heavy atom. The molecule has 1 rings (SSSR count). The molecule has 0 bridgehead atoms. The van der Waals surface area contributed by atoms with Crippen molar-refractivity contribution < 1.29 is 91.5 Å². The third-order valence-electron chi connectivity index (χ3n) is 4.75. The second-order valence-electron chi connectivity index (χ2n) is 7.47. The highest BCUT2D eigenvalue weighted by Gasteiger charge is 2.96. The molecule has 25 heteroatoms. The molecule has 0 aliphatic rings. The zero-order valence-electron chi connectivity index (χ0n) is 18.0. The van der Waals surface area contributed by atoms with Gasteiger partial charge in [-0.3, -0.25) is 0 Å². The highest BCUT2D eigenvalue weighted by atomic mass is 32.2. The van der Waals surface area contributed by atoms with Crippen molar-refractivity contribution in [1.82, 2.24) is 4.72 Å². The van der Waals surface area contributed by atoms with Crippen molar-refractivity contribution in [2.45, 2.75) is 58.4 Å². The number of benzene rings is 1. The smallest absolute Gasteiger partial charge is 0.225 e. The number of primary sulfonamides is 1. The number of rotatable bonds is 11. The third-order valence-corrected chi connectivity index (χ3v) is 7.13. The van der Waals surface area contributed by atoms with Crippen LogP contribution in [0.3, 0.4) is 0 Å². The standard InChI is InChI=1S/C15H9F17N2O4S2/c16-8(17,10(20,21)12(24,25)14(28,29)30)9(18,19)11(22,23)13(26,27)15(31,32)40(37,38)34-5-6-1-3-7(4-2-6)39(33,35)36/h1-4,34H,5H2,(H2,33,35,36). The van der Waals surface area contributed by atoms with Gasteiger partial charge in [0.1, 0.15) is 0 Å². The molecule has 0 spiro atoms. The molecule has 1 aromatic rings. The van der Waals surface area contributed by atoms with Crippen molar-refractivity contribution in [3.05, 3.63) is 29.8 Å². The summed E-state index contributed by atoms with van der Waals surface area (Å²) in [6, 6.07) is 2.15. The van der Waals surface area contributed by atoms with Crippen molar-refractivity contribution in [2.24, 2.45) is 5.14 Å². The zero-order chi connectivity index (χ0) is 32.4. The second-order valence-corrected chi connectivity index (χ2v) is 10.8. The normalized spacial score (nSPS) is 15.8. The molecule has 0 fully saturated rings. The van der Waals surface area contributed by atoms with E-state index in [9.17, 15) is 91.5 Å². The van der Waals surface area contributed by atoms with Gasteiger partial charge in [-0.25, -0.2) is 26.7 Å². The summed E-state index contributed by atoms with van der Waals surface area (Å²) in [5.41, 5.74) is -0.673. The van der Waals surface area contributed by atoms with Gasteiger partial charge in [-0.1, -0.05) is 12.1 Å². The Morgan fingerprint density at radius 2 is 0.875 bits per heavy atom. The van der Waals surface area contributed by atoms with Crippen molar-refractivity contribution in [3.8, 4) is 0 Å². The summed E-state index contributed by atoms with van der Waals surface area (Å²) >= 11 is 0. The van der Waals surface area contributed by atoms with Crippen molar-refractivity contribution >= 4 is 20.0 Å². The molecule has 6 nitrogen and oxygen atoms in total. The average molecular weight is 668 g/mol. The predicted octanol–water partition coefficient (Wildman–Crippen LogP) is 4.72. The summed E-state index contributed by atoms with van der Waals surface area (Å²) in [6.45, 7) is -1.69. The molecule has 0 aromatic heterocycles. The molecule has 0 heterocycles. The molecule has 0 unspecified atom stereocenters. The minimum absolute atomic E-state index is 0.395. The number of halogens is 17. The first-order chi connectivity index (χ1) is 17.2. The van der Waals surface area contributed by atoms with E-state index in [2.05, 4.69) is 5.14 Å². The first-order valence-corrected chi connectivity index (χ1v) is 12.0. The number of nitrogens with two attached hydrogens (primary N) is 1. The van der Waals surface area contributed by atoms with E-state index in [-0.39, 0.29) is 0 Å². The molecule has 0 radical (unpaired) electrons. The summed E-state index contributed by atoms with van der Waals surface area (Å²) in [5, 5.41) is -3.02. The first-order valence-electron chi connectivity index (χ1n) is 9.01. The van der Waals surface area contributed by atoms with Gasteiger partial charge in [0.25, 0.3) is 10.0 Å². The maximum Gasteiger partial charge on any atom is 0.460 e. The maximum atomic E-state index is 14.0. The summed E-state index contributed by atoms with van der Waals surface area (Å²) in [4.78, 5) is -0.716. The summed E-state index contributed by atoms with van der Waals surface area (Å²) in [5.74, 6) is -52.1. The van der Waals surface area contributed by atoms with E-state index in [4.69, 9.17) is 0 Å². The lowest BCUT2D eigenvalue weighted by Crippen LogP contribution is -2.75. The molecule has 1 aromatic carbocycles. The van der Waals surface area contributed by atoms with Crippen LogP contribution in [0, 0.1) is 0 Å². The van der Waals surface area contributed by atoms with Gasteiger partial charge < -0.3 is 0 Å². The molecule has 0 atom stereocenters. The van der Waals surface area contributed by atoms with Gasteiger partial charge in [-0.2, -0.15) is 74.6 Å². The molecule has 0 amide bonds. The van der Waals surface area contributed by atoms with Gasteiger partial charge in [-0.05, 0) is 17.7 Å². The van der Waals surface area contributed by atoms with Crippen LogP contribution in [0.5, 0.6) is 0 Å². The number of nitrogens with one attached hydrogen (secondary N) is 1. The number of hydrogen-bond donors (Lipinski definition) is 2. The van der Waals surface area contributed by atoms with Crippen LogP contribution >= 0.6 is 0 Å². The largest absolute Gasteiger partial charge is 0.460 e. The Morgan fingerprint density at radius 3 is 1.20 bits per heavy atom. The summed E-state index contributed by atoms with van der Waals surface area (Å²) in [7, 11) is -11.9. The minimum Gasteiger partial charge on any atom is -0.225 e. The highest BCUT2D eigenvalue weighted by Crippen LogP contribution is 2.64. The summed E-state index contributed by atoms with van der Waals surface area (Å²) < 4.78 is 271. The molecule has 0 saturated heterocycles. The fourth-order valence-electron chi connectivity index (χ4n) is 2.38. The van der Waals surface area contributed by atoms with Crippen molar-refractivity contribution in [1.29, 1.82) is 0 Å². The quantitative estimate of drug-likeness (QED) is 0.333. The predicted molar refractivity (Wildman–Crippen MR) is 94.3 cm³/mol. The fourth-order valence-corrected chi connectivity index (χ4v) is 3.90. The van der Waals surface area contributed by atoms with E-state index in [0.717, 1.165) is 0 Å². The first kappa shape index (κ1) is 35.9. The topological polar surface area (TPSA) is 106 Å². The Hall–Kier alpha value is -2.15. The van der Waals surface area contributed by atoms with Gasteiger partial charge in [0.05, 0.1) is 4.90 Å². The van der Waals surface area contributed by atoms with E-state index >= 15 is 0 Å². The van der Waals surface area contributed by atoms with Crippen LogP contribution in [0.1, 0.15) is 5.56 Å². The van der Waals surface area contributed by atoms with Crippen LogP contribution in [0.25, 0.3) is 0 Å². The van der Waals surface area contributed by atoms with Gasteiger partial charge in [0.15, 0.2) is 0 Å². The Kier molecular flexibility index (Phi) is 8.71. The van der Waals surface area contributed by atoms with E-state index in [0.29, 0.717) is 29.0 Å². The number of sulfonamides is 2. The Bertz CT molecular complexity index is 1310. The van der Waals surface area contributed by atoms with Gasteiger partial charge in [0, 0.05) is 6.54 Å².